The summed E-state index contributed by atoms with van der Waals surface area (Å²) in [6.45, 7) is 0. The number of sulfonamides is 1. The minimum atomic E-state index is -3.50. The molecule has 1 N–H and O–H groups in total. The summed E-state index contributed by atoms with van der Waals surface area (Å²) < 4.78 is 27.2. The van der Waals surface area contributed by atoms with Gasteiger partial charge in [0.1, 0.15) is 5.15 Å². The first-order valence-electron chi connectivity index (χ1n) is 5.69. The Morgan fingerprint density at radius 2 is 2.28 bits per heavy atom. The molecule has 1 aromatic heterocycles. The Balaban J connectivity index is 2.17. The Hall–Kier alpha value is -0.300. The molecule has 0 saturated heterocycles. The molecule has 0 radical (unpaired) electrons. The van der Waals surface area contributed by atoms with Crippen molar-refractivity contribution in [1.29, 1.82) is 0 Å². The summed E-state index contributed by atoms with van der Waals surface area (Å²) >= 11 is 7.43. The Labute approximate surface area is 117 Å². The molecule has 0 spiro atoms. The van der Waals surface area contributed by atoms with E-state index in [0.717, 1.165) is 19.3 Å². The van der Waals surface area contributed by atoms with Crippen LogP contribution in [0, 0.1) is 0 Å². The number of rotatable bonds is 4. The zero-order chi connectivity index (χ0) is 13.2. The maximum absolute atomic E-state index is 12.2. The quantitative estimate of drug-likeness (QED) is 0.867. The normalized spacial score (nSPS) is 24.3. The fourth-order valence-corrected chi connectivity index (χ4v) is 4.75. The van der Waals surface area contributed by atoms with Crippen LogP contribution < -0.4 is 4.72 Å². The second-order valence-corrected chi connectivity index (χ2v) is 7.43. The van der Waals surface area contributed by atoms with Crippen LogP contribution in [0.25, 0.3) is 0 Å². The van der Waals surface area contributed by atoms with E-state index in [1.54, 1.807) is 11.8 Å². The van der Waals surface area contributed by atoms with Gasteiger partial charge in [0, 0.05) is 17.5 Å². The van der Waals surface area contributed by atoms with Gasteiger partial charge in [-0.25, -0.2) is 18.1 Å². The summed E-state index contributed by atoms with van der Waals surface area (Å²) in [5.74, 6) is 0. The van der Waals surface area contributed by atoms with Crippen LogP contribution in [-0.2, 0) is 10.0 Å². The lowest BCUT2D eigenvalue weighted by Gasteiger charge is -2.19. The van der Waals surface area contributed by atoms with E-state index in [1.807, 2.05) is 6.26 Å². The van der Waals surface area contributed by atoms with E-state index in [4.69, 9.17) is 11.6 Å². The highest BCUT2D eigenvalue weighted by Crippen LogP contribution is 2.29. The number of halogens is 1. The molecule has 4 nitrogen and oxygen atoms in total. The van der Waals surface area contributed by atoms with Crippen molar-refractivity contribution >= 4 is 33.4 Å². The molecule has 1 aromatic rings. The summed E-state index contributed by atoms with van der Waals surface area (Å²) in [6, 6.07) is 2.83. The van der Waals surface area contributed by atoms with Gasteiger partial charge in [-0.15, -0.1) is 0 Å². The van der Waals surface area contributed by atoms with Gasteiger partial charge < -0.3 is 0 Å². The summed E-state index contributed by atoms with van der Waals surface area (Å²) in [7, 11) is -3.50. The molecular weight excluding hydrogens is 292 g/mol. The Morgan fingerprint density at radius 3 is 2.94 bits per heavy atom. The van der Waals surface area contributed by atoms with Gasteiger partial charge in [-0.2, -0.15) is 11.8 Å². The van der Waals surface area contributed by atoms with Crippen molar-refractivity contribution in [3.63, 3.8) is 0 Å². The van der Waals surface area contributed by atoms with E-state index in [-0.39, 0.29) is 16.1 Å². The van der Waals surface area contributed by atoms with Gasteiger partial charge in [0.15, 0.2) is 0 Å². The molecule has 18 heavy (non-hydrogen) atoms. The first-order chi connectivity index (χ1) is 8.53. The summed E-state index contributed by atoms with van der Waals surface area (Å²) in [5.41, 5.74) is 0. The molecule has 1 fully saturated rings. The maximum Gasteiger partial charge on any atom is 0.241 e. The third kappa shape index (κ3) is 3.17. The Bertz CT molecular complexity index is 522. The number of thioether (sulfide) groups is 1. The van der Waals surface area contributed by atoms with Crippen LogP contribution in [0.5, 0.6) is 0 Å². The van der Waals surface area contributed by atoms with Gasteiger partial charge in [0.2, 0.25) is 10.0 Å². The van der Waals surface area contributed by atoms with E-state index in [1.165, 1.54) is 18.3 Å². The van der Waals surface area contributed by atoms with Gasteiger partial charge in [-0.3, -0.25) is 0 Å². The maximum atomic E-state index is 12.2. The molecule has 7 heteroatoms. The number of pyridine rings is 1. The standard InChI is InChI=1S/C11H15ClN2O2S2/c1-17-10-4-2-3-9(10)14-18(15,16)8-5-6-13-11(12)7-8/h5-7,9-10,14H,2-4H2,1H3. The van der Waals surface area contributed by atoms with Crippen LogP contribution >= 0.6 is 23.4 Å². The lowest BCUT2D eigenvalue weighted by molar-refractivity contribution is 0.555. The highest BCUT2D eigenvalue weighted by molar-refractivity contribution is 7.99. The largest absolute Gasteiger partial charge is 0.244 e. The minimum Gasteiger partial charge on any atom is -0.244 e. The fraction of sp³-hybridized carbons (Fsp3) is 0.545. The van der Waals surface area contributed by atoms with Gasteiger partial charge in [-0.05, 0) is 31.2 Å². The molecule has 2 rings (SSSR count). The topological polar surface area (TPSA) is 59.1 Å². The Morgan fingerprint density at radius 1 is 1.50 bits per heavy atom. The predicted molar refractivity (Wildman–Crippen MR) is 74.5 cm³/mol. The van der Waals surface area contributed by atoms with E-state index in [2.05, 4.69) is 9.71 Å². The van der Waals surface area contributed by atoms with Crippen LogP contribution in [0.4, 0.5) is 0 Å². The Kier molecular flexibility index (Phi) is 4.53. The first kappa shape index (κ1) is 14.1. The van der Waals surface area contributed by atoms with Crippen LogP contribution in [0.15, 0.2) is 23.2 Å². The number of nitrogens with zero attached hydrogens (tertiary/aromatic N) is 1. The zero-order valence-electron chi connectivity index (χ0n) is 9.97. The molecule has 2 atom stereocenters. The number of hydrogen-bond donors (Lipinski definition) is 1. The van der Waals surface area contributed by atoms with Crippen molar-refractivity contribution < 1.29 is 8.42 Å². The molecule has 2 unspecified atom stereocenters. The van der Waals surface area contributed by atoms with Crippen molar-refractivity contribution in [2.24, 2.45) is 0 Å². The summed E-state index contributed by atoms with van der Waals surface area (Å²) in [5, 5.41) is 0.544. The second-order valence-electron chi connectivity index (χ2n) is 4.25. The number of nitrogens with one attached hydrogen (secondary N) is 1. The second kappa shape index (κ2) is 5.77. The molecule has 0 bridgehead atoms. The van der Waals surface area contributed by atoms with Crippen molar-refractivity contribution in [3.05, 3.63) is 23.5 Å². The lowest BCUT2D eigenvalue weighted by Crippen LogP contribution is -2.38. The summed E-state index contributed by atoms with van der Waals surface area (Å²) in [6.07, 6.45) is 6.43. The highest BCUT2D eigenvalue weighted by Gasteiger charge is 2.30. The minimum absolute atomic E-state index is 0.0111. The van der Waals surface area contributed by atoms with Crippen molar-refractivity contribution in [2.45, 2.75) is 35.4 Å². The molecule has 0 aromatic carbocycles. The van der Waals surface area contributed by atoms with E-state index < -0.39 is 10.0 Å². The van der Waals surface area contributed by atoms with Gasteiger partial charge >= 0.3 is 0 Å². The predicted octanol–water partition coefficient (Wildman–Crippen LogP) is 2.30. The number of hydrogen-bond acceptors (Lipinski definition) is 4. The molecule has 1 aliphatic carbocycles. The molecular formula is C11H15ClN2O2S2. The monoisotopic (exact) mass is 306 g/mol. The van der Waals surface area contributed by atoms with Gasteiger partial charge in [0.05, 0.1) is 4.90 Å². The van der Waals surface area contributed by atoms with Crippen molar-refractivity contribution in [2.75, 3.05) is 6.26 Å². The average Bonchev–Trinajstić information content (AvgIpc) is 2.75. The van der Waals surface area contributed by atoms with Crippen molar-refractivity contribution in [1.82, 2.24) is 9.71 Å². The van der Waals surface area contributed by atoms with Gasteiger partial charge in [-0.1, -0.05) is 18.0 Å². The van der Waals surface area contributed by atoms with E-state index >= 15 is 0 Å². The SMILES string of the molecule is CSC1CCCC1NS(=O)(=O)c1ccnc(Cl)c1. The van der Waals surface area contributed by atoms with Crippen molar-refractivity contribution in [3.8, 4) is 0 Å². The fourth-order valence-electron chi connectivity index (χ4n) is 2.16. The molecule has 0 aliphatic heterocycles. The first-order valence-corrected chi connectivity index (χ1v) is 8.84. The van der Waals surface area contributed by atoms with Crippen LogP contribution in [0.3, 0.4) is 0 Å². The smallest absolute Gasteiger partial charge is 0.241 e. The van der Waals surface area contributed by atoms with Crippen LogP contribution in [0.2, 0.25) is 5.15 Å². The molecule has 100 valence electrons. The molecule has 1 heterocycles. The molecule has 1 saturated carbocycles. The zero-order valence-corrected chi connectivity index (χ0v) is 12.4. The van der Waals surface area contributed by atoms with Gasteiger partial charge in [0.25, 0.3) is 0 Å². The van der Waals surface area contributed by atoms with E-state index in [9.17, 15) is 8.42 Å². The highest BCUT2D eigenvalue weighted by atomic mass is 35.5. The lowest BCUT2D eigenvalue weighted by atomic mass is 10.3. The van der Waals surface area contributed by atoms with E-state index in [0.29, 0.717) is 5.25 Å². The van der Waals surface area contributed by atoms with Crippen LogP contribution in [-0.4, -0.2) is 30.9 Å². The molecule has 1 aliphatic rings. The number of aromatic nitrogens is 1. The third-order valence-electron chi connectivity index (χ3n) is 3.07. The summed E-state index contributed by atoms with van der Waals surface area (Å²) in [4.78, 5) is 3.96. The molecule has 0 amide bonds. The third-order valence-corrected chi connectivity index (χ3v) is 5.93. The average molecular weight is 307 g/mol. The van der Waals surface area contributed by atoms with Crippen LogP contribution in [0.1, 0.15) is 19.3 Å².